The summed E-state index contributed by atoms with van der Waals surface area (Å²) in [6, 6.07) is 31.5. The van der Waals surface area contributed by atoms with Crippen LogP contribution in [0.1, 0.15) is 71.6 Å². The molecule has 5 nitrogen and oxygen atoms in total. The van der Waals surface area contributed by atoms with Crippen molar-refractivity contribution in [2.75, 3.05) is 7.11 Å². The SMILES string of the molecule is CCCCCC/C=C/c1c(C(=O)OC)cc(OCc2ccccc2)c(OCc2ccccc2)c1OCc1ccccc1. The van der Waals surface area contributed by atoms with Crippen LogP contribution in [0.3, 0.4) is 0 Å². The lowest BCUT2D eigenvalue weighted by Crippen LogP contribution is -2.10. The topological polar surface area (TPSA) is 54.0 Å². The number of esters is 1. The molecular weight excluding hydrogens is 524 g/mol. The number of carbonyl (C=O) groups is 1. The Hall–Kier alpha value is -4.51. The third-order valence-electron chi connectivity index (χ3n) is 6.84. The van der Waals surface area contributed by atoms with Crippen molar-refractivity contribution in [3.8, 4) is 17.2 Å². The van der Waals surface area contributed by atoms with Crippen LogP contribution in [0.5, 0.6) is 17.2 Å². The van der Waals surface area contributed by atoms with E-state index in [0.717, 1.165) is 29.5 Å². The van der Waals surface area contributed by atoms with Crippen molar-refractivity contribution in [1.29, 1.82) is 0 Å². The van der Waals surface area contributed by atoms with Gasteiger partial charge >= 0.3 is 5.97 Å². The first-order valence-electron chi connectivity index (χ1n) is 14.7. The maximum Gasteiger partial charge on any atom is 0.338 e. The fourth-order valence-electron chi connectivity index (χ4n) is 4.55. The van der Waals surface area contributed by atoms with Gasteiger partial charge in [0.1, 0.15) is 19.8 Å². The highest BCUT2D eigenvalue weighted by molar-refractivity contribution is 5.96. The summed E-state index contributed by atoms with van der Waals surface area (Å²) in [5.41, 5.74) is 3.97. The van der Waals surface area contributed by atoms with E-state index in [1.54, 1.807) is 6.07 Å². The second-order valence-corrected chi connectivity index (χ2v) is 10.1. The largest absolute Gasteiger partial charge is 0.485 e. The molecule has 0 radical (unpaired) electrons. The van der Waals surface area contributed by atoms with Gasteiger partial charge < -0.3 is 18.9 Å². The molecule has 218 valence electrons. The van der Waals surface area contributed by atoms with Gasteiger partial charge in [0.25, 0.3) is 0 Å². The van der Waals surface area contributed by atoms with E-state index in [-0.39, 0.29) is 0 Å². The average Bonchev–Trinajstić information content (AvgIpc) is 3.04. The second-order valence-electron chi connectivity index (χ2n) is 10.1. The van der Waals surface area contributed by atoms with Crippen LogP contribution >= 0.6 is 0 Å². The van der Waals surface area contributed by atoms with Crippen molar-refractivity contribution in [2.24, 2.45) is 0 Å². The Kier molecular flexibility index (Phi) is 12.1. The average molecular weight is 565 g/mol. The molecule has 0 bridgehead atoms. The molecule has 0 aliphatic rings. The molecule has 5 heteroatoms. The van der Waals surface area contributed by atoms with Crippen LogP contribution < -0.4 is 14.2 Å². The quantitative estimate of drug-likeness (QED) is 0.100. The lowest BCUT2D eigenvalue weighted by molar-refractivity contribution is 0.0599. The summed E-state index contributed by atoms with van der Waals surface area (Å²) in [6.45, 7) is 3.10. The molecule has 0 aromatic heterocycles. The fourth-order valence-corrected chi connectivity index (χ4v) is 4.55. The molecule has 0 atom stereocenters. The summed E-state index contributed by atoms with van der Waals surface area (Å²) in [5, 5.41) is 0. The van der Waals surface area contributed by atoms with Crippen LogP contribution in [0.4, 0.5) is 0 Å². The van der Waals surface area contributed by atoms with Gasteiger partial charge in [-0.25, -0.2) is 4.79 Å². The number of allylic oxidation sites excluding steroid dienone is 1. The molecule has 4 rings (SSSR count). The highest BCUT2D eigenvalue weighted by Gasteiger charge is 2.25. The Morgan fingerprint density at radius 1 is 0.667 bits per heavy atom. The molecule has 0 spiro atoms. The predicted molar refractivity (Wildman–Crippen MR) is 168 cm³/mol. The van der Waals surface area contributed by atoms with Crippen molar-refractivity contribution in [1.82, 2.24) is 0 Å². The minimum absolute atomic E-state index is 0.294. The van der Waals surface area contributed by atoms with Gasteiger partial charge in [-0.2, -0.15) is 0 Å². The Balaban J connectivity index is 1.78. The molecule has 0 saturated carbocycles. The number of hydrogen-bond acceptors (Lipinski definition) is 5. The first-order valence-corrected chi connectivity index (χ1v) is 14.7. The van der Waals surface area contributed by atoms with Crippen molar-refractivity contribution in [3.63, 3.8) is 0 Å². The van der Waals surface area contributed by atoms with E-state index in [2.05, 4.69) is 13.0 Å². The zero-order chi connectivity index (χ0) is 29.4. The smallest absolute Gasteiger partial charge is 0.338 e. The molecule has 0 N–H and O–H groups in total. The molecule has 0 saturated heterocycles. The van der Waals surface area contributed by atoms with E-state index >= 15 is 0 Å². The number of benzene rings is 4. The van der Waals surface area contributed by atoms with Gasteiger partial charge in [0.15, 0.2) is 11.5 Å². The normalized spacial score (nSPS) is 10.9. The summed E-state index contributed by atoms with van der Waals surface area (Å²) in [7, 11) is 1.38. The summed E-state index contributed by atoms with van der Waals surface area (Å²) in [6.07, 6.45) is 9.57. The van der Waals surface area contributed by atoms with E-state index in [0.29, 0.717) is 48.2 Å². The van der Waals surface area contributed by atoms with Gasteiger partial charge in [-0.05, 0) is 35.6 Å². The number of unbranched alkanes of at least 4 members (excludes halogenated alkanes) is 4. The molecule has 4 aromatic rings. The summed E-state index contributed by atoms with van der Waals surface area (Å²) in [4.78, 5) is 13.1. The highest BCUT2D eigenvalue weighted by Crippen LogP contribution is 2.45. The monoisotopic (exact) mass is 564 g/mol. The molecule has 0 amide bonds. The van der Waals surface area contributed by atoms with Gasteiger partial charge in [-0.15, -0.1) is 0 Å². The lowest BCUT2D eigenvalue weighted by atomic mass is 10.0. The van der Waals surface area contributed by atoms with Crippen molar-refractivity contribution in [2.45, 2.75) is 58.8 Å². The molecule has 0 aliphatic heterocycles. The van der Waals surface area contributed by atoms with E-state index in [1.165, 1.54) is 26.4 Å². The van der Waals surface area contributed by atoms with E-state index < -0.39 is 5.97 Å². The van der Waals surface area contributed by atoms with Crippen LogP contribution in [0.15, 0.2) is 103 Å². The van der Waals surface area contributed by atoms with E-state index in [9.17, 15) is 4.79 Å². The zero-order valence-corrected chi connectivity index (χ0v) is 24.6. The summed E-state index contributed by atoms with van der Waals surface area (Å²) < 4.78 is 24.5. The summed E-state index contributed by atoms with van der Waals surface area (Å²) in [5.74, 6) is 0.845. The molecule has 4 aromatic carbocycles. The standard InChI is InChI=1S/C37H40O5/c1-3-4-5-6-7-17-24-32-33(37(38)39-2)25-34(40-26-29-18-11-8-12-19-29)36(42-28-31-22-15-10-16-23-31)35(32)41-27-30-20-13-9-14-21-30/h8-25H,3-7,26-28H2,1-2H3/b24-17+. The third kappa shape index (κ3) is 9.00. The number of methoxy groups -OCH3 is 1. The maximum atomic E-state index is 13.1. The Bertz CT molecular complexity index is 1400. The minimum Gasteiger partial charge on any atom is -0.485 e. The van der Waals surface area contributed by atoms with E-state index in [4.69, 9.17) is 18.9 Å². The highest BCUT2D eigenvalue weighted by atomic mass is 16.5. The summed E-state index contributed by atoms with van der Waals surface area (Å²) >= 11 is 0. The Labute approximate surface area is 249 Å². The van der Waals surface area contributed by atoms with Crippen LogP contribution in [-0.4, -0.2) is 13.1 Å². The lowest BCUT2D eigenvalue weighted by Gasteiger charge is -2.21. The van der Waals surface area contributed by atoms with Crippen molar-refractivity contribution in [3.05, 3.63) is 131 Å². The van der Waals surface area contributed by atoms with Crippen LogP contribution in [0.2, 0.25) is 0 Å². The van der Waals surface area contributed by atoms with Gasteiger partial charge in [-0.3, -0.25) is 0 Å². The van der Waals surface area contributed by atoms with Crippen LogP contribution in [-0.2, 0) is 24.6 Å². The van der Waals surface area contributed by atoms with E-state index in [1.807, 2.05) is 97.1 Å². The molecular formula is C37H40O5. The molecule has 0 aliphatic carbocycles. The van der Waals surface area contributed by atoms with Crippen LogP contribution in [0, 0.1) is 0 Å². The van der Waals surface area contributed by atoms with Crippen molar-refractivity contribution < 1.29 is 23.7 Å². The van der Waals surface area contributed by atoms with Gasteiger partial charge in [0.2, 0.25) is 5.75 Å². The minimum atomic E-state index is -0.468. The number of rotatable bonds is 16. The first-order chi connectivity index (χ1) is 20.7. The molecule has 0 heterocycles. The zero-order valence-electron chi connectivity index (χ0n) is 24.6. The Morgan fingerprint density at radius 3 is 1.71 bits per heavy atom. The number of hydrogen-bond donors (Lipinski definition) is 0. The maximum absolute atomic E-state index is 13.1. The van der Waals surface area contributed by atoms with Crippen molar-refractivity contribution >= 4 is 12.0 Å². The van der Waals surface area contributed by atoms with Gasteiger partial charge in [0, 0.05) is 5.56 Å². The third-order valence-corrected chi connectivity index (χ3v) is 6.84. The van der Waals surface area contributed by atoms with Gasteiger partial charge in [0.05, 0.1) is 12.7 Å². The number of ether oxygens (including phenoxy) is 4. The van der Waals surface area contributed by atoms with Crippen LogP contribution in [0.25, 0.3) is 6.08 Å². The first kappa shape index (κ1) is 30.4. The molecule has 42 heavy (non-hydrogen) atoms. The Morgan fingerprint density at radius 2 is 1.19 bits per heavy atom. The van der Waals surface area contributed by atoms with Gasteiger partial charge in [-0.1, -0.05) is 129 Å². The molecule has 0 fully saturated rings. The predicted octanol–water partition coefficient (Wildman–Crippen LogP) is 9.19. The number of carbonyl (C=O) groups excluding carboxylic acids is 1. The second kappa shape index (κ2) is 16.7. The molecule has 0 unspecified atom stereocenters. The fraction of sp³-hybridized carbons (Fsp3) is 0.270.